The first-order valence-electron chi connectivity index (χ1n) is 10.9. The standard InChI is InChI=1S/C27H24ClN3O3S/c1-20-7-2-3-9-23(20)18-31(35(33,34)25-15-13-24(28)14-16-25)19-27(32)30-29-17-22-11-6-10-21-8-4-5-12-26(21)22/h2-17H,18-19H2,1H3,(H,30,32)/b29-17-. The molecule has 0 atom stereocenters. The third-order valence-corrected chi connectivity index (χ3v) is 7.65. The number of sulfonamides is 1. The minimum absolute atomic E-state index is 0.0398. The number of carbonyl (C=O) groups is 1. The first-order valence-corrected chi connectivity index (χ1v) is 12.8. The number of rotatable bonds is 8. The number of carbonyl (C=O) groups excluding carboxylic acids is 1. The van der Waals surface area contributed by atoms with E-state index in [0.717, 1.165) is 31.8 Å². The molecule has 1 amide bonds. The van der Waals surface area contributed by atoms with Crippen LogP contribution >= 0.6 is 11.6 Å². The zero-order valence-corrected chi connectivity index (χ0v) is 20.6. The van der Waals surface area contributed by atoms with Gasteiger partial charge in [0.25, 0.3) is 5.91 Å². The van der Waals surface area contributed by atoms with Crippen molar-refractivity contribution in [2.45, 2.75) is 18.4 Å². The van der Waals surface area contributed by atoms with Gasteiger partial charge in [0.2, 0.25) is 10.0 Å². The summed E-state index contributed by atoms with van der Waals surface area (Å²) in [6, 6.07) is 27.0. The fraction of sp³-hybridized carbons (Fsp3) is 0.111. The molecule has 0 aliphatic heterocycles. The predicted octanol–water partition coefficient (Wildman–Crippen LogP) is 5.14. The molecule has 4 aromatic carbocycles. The minimum Gasteiger partial charge on any atom is -0.272 e. The summed E-state index contributed by atoms with van der Waals surface area (Å²) in [4.78, 5) is 12.8. The van der Waals surface area contributed by atoms with Crippen molar-refractivity contribution in [3.8, 4) is 0 Å². The van der Waals surface area contributed by atoms with Gasteiger partial charge in [0.1, 0.15) is 0 Å². The van der Waals surface area contributed by atoms with Crippen molar-refractivity contribution in [3.05, 3.63) is 113 Å². The third-order valence-electron chi connectivity index (χ3n) is 5.60. The Balaban J connectivity index is 1.55. The molecule has 0 fully saturated rings. The van der Waals surface area contributed by atoms with Crippen LogP contribution in [0.5, 0.6) is 0 Å². The SMILES string of the molecule is Cc1ccccc1CN(CC(=O)N/N=C\c1cccc2ccccc12)S(=O)(=O)c1ccc(Cl)cc1. The summed E-state index contributed by atoms with van der Waals surface area (Å²) in [6.45, 7) is 1.54. The molecule has 4 aromatic rings. The summed E-state index contributed by atoms with van der Waals surface area (Å²) >= 11 is 5.93. The van der Waals surface area contributed by atoms with Gasteiger partial charge < -0.3 is 0 Å². The van der Waals surface area contributed by atoms with E-state index in [2.05, 4.69) is 10.5 Å². The Morgan fingerprint density at radius 3 is 2.40 bits per heavy atom. The lowest BCUT2D eigenvalue weighted by Crippen LogP contribution is -2.39. The van der Waals surface area contributed by atoms with Crippen molar-refractivity contribution in [1.29, 1.82) is 0 Å². The Hall–Kier alpha value is -3.52. The number of aryl methyl sites for hydroxylation is 1. The number of halogens is 1. The van der Waals surface area contributed by atoms with Crippen LogP contribution in [0.15, 0.2) is 101 Å². The molecule has 0 bridgehead atoms. The number of hydrogen-bond donors (Lipinski definition) is 1. The van der Waals surface area contributed by atoms with Gasteiger partial charge in [0.05, 0.1) is 17.7 Å². The minimum atomic E-state index is -3.97. The molecule has 0 aliphatic rings. The van der Waals surface area contributed by atoms with Gasteiger partial charge in [-0.1, -0.05) is 78.3 Å². The van der Waals surface area contributed by atoms with Crippen LogP contribution in [0.25, 0.3) is 10.8 Å². The number of amides is 1. The second kappa shape index (κ2) is 10.8. The average molecular weight is 506 g/mol. The van der Waals surface area contributed by atoms with Gasteiger partial charge in [-0.15, -0.1) is 0 Å². The maximum absolute atomic E-state index is 13.4. The smallest absolute Gasteiger partial charge is 0.255 e. The van der Waals surface area contributed by atoms with E-state index in [-0.39, 0.29) is 11.4 Å². The van der Waals surface area contributed by atoms with Crippen molar-refractivity contribution in [1.82, 2.24) is 9.73 Å². The van der Waals surface area contributed by atoms with Crippen LogP contribution in [-0.4, -0.2) is 31.4 Å². The van der Waals surface area contributed by atoms with Gasteiger partial charge in [-0.25, -0.2) is 13.8 Å². The molecule has 0 aliphatic carbocycles. The van der Waals surface area contributed by atoms with Crippen LogP contribution in [0.3, 0.4) is 0 Å². The van der Waals surface area contributed by atoms with Gasteiger partial charge in [-0.05, 0) is 53.1 Å². The van der Waals surface area contributed by atoms with Crippen molar-refractivity contribution < 1.29 is 13.2 Å². The van der Waals surface area contributed by atoms with Gasteiger partial charge >= 0.3 is 0 Å². The Kier molecular flexibility index (Phi) is 7.60. The van der Waals surface area contributed by atoms with Crippen LogP contribution in [0.4, 0.5) is 0 Å². The Bertz CT molecular complexity index is 1480. The lowest BCUT2D eigenvalue weighted by atomic mass is 10.1. The molecule has 0 saturated carbocycles. The van der Waals surface area contributed by atoms with E-state index in [0.29, 0.717) is 5.02 Å². The van der Waals surface area contributed by atoms with E-state index in [4.69, 9.17) is 11.6 Å². The predicted molar refractivity (Wildman–Crippen MR) is 140 cm³/mol. The summed E-state index contributed by atoms with van der Waals surface area (Å²) in [5.74, 6) is -0.549. The van der Waals surface area contributed by atoms with Crippen LogP contribution in [0.2, 0.25) is 5.02 Å². The molecular formula is C27H24ClN3O3S. The molecule has 0 unspecified atom stereocenters. The number of benzene rings is 4. The second-order valence-corrected chi connectivity index (χ2v) is 10.4. The van der Waals surface area contributed by atoms with Crippen LogP contribution in [0.1, 0.15) is 16.7 Å². The lowest BCUT2D eigenvalue weighted by Gasteiger charge is -2.22. The third kappa shape index (κ3) is 5.95. The number of nitrogens with zero attached hydrogens (tertiary/aromatic N) is 2. The zero-order chi connectivity index (χ0) is 24.8. The molecule has 0 aromatic heterocycles. The fourth-order valence-corrected chi connectivity index (χ4v) is 5.19. The Morgan fingerprint density at radius 2 is 1.63 bits per heavy atom. The topological polar surface area (TPSA) is 78.8 Å². The summed E-state index contributed by atoms with van der Waals surface area (Å²) < 4.78 is 27.9. The highest BCUT2D eigenvalue weighted by molar-refractivity contribution is 7.89. The molecular weight excluding hydrogens is 482 g/mol. The normalized spacial score (nSPS) is 11.9. The van der Waals surface area contributed by atoms with Crippen molar-refractivity contribution in [3.63, 3.8) is 0 Å². The fourth-order valence-electron chi connectivity index (χ4n) is 3.69. The molecule has 0 spiro atoms. The van der Waals surface area contributed by atoms with Crippen LogP contribution in [0, 0.1) is 6.92 Å². The molecule has 35 heavy (non-hydrogen) atoms. The van der Waals surface area contributed by atoms with Crippen molar-refractivity contribution in [2.24, 2.45) is 5.10 Å². The lowest BCUT2D eigenvalue weighted by molar-refractivity contribution is -0.121. The molecule has 0 heterocycles. The Labute approximate surface area is 209 Å². The van der Waals surface area contributed by atoms with Gasteiger partial charge in [-0.2, -0.15) is 9.41 Å². The van der Waals surface area contributed by atoms with Crippen molar-refractivity contribution in [2.75, 3.05) is 6.54 Å². The van der Waals surface area contributed by atoms with Crippen LogP contribution in [-0.2, 0) is 21.4 Å². The maximum atomic E-state index is 13.4. The summed E-state index contributed by atoms with van der Waals surface area (Å²) in [5.41, 5.74) is 5.04. The van der Waals surface area contributed by atoms with Gasteiger partial charge in [0.15, 0.2) is 0 Å². The molecule has 4 rings (SSSR count). The van der Waals surface area contributed by atoms with Gasteiger partial charge in [0, 0.05) is 17.1 Å². The summed E-state index contributed by atoms with van der Waals surface area (Å²) in [7, 11) is -3.97. The molecule has 1 N–H and O–H groups in total. The molecule has 0 radical (unpaired) electrons. The number of hydrogen-bond acceptors (Lipinski definition) is 4. The van der Waals surface area contributed by atoms with E-state index < -0.39 is 22.5 Å². The number of fused-ring (bicyclic) bond motifs is 1. The zero-order valence-electron chi connectivity index (χ0n) is 19.1. The quantitative estimate of drug-likeness (QED) is 0.266. The number of nitrogens with one attached hydrogen (secondary N) is 1. The number of hydrazone groups is 1. The first-order chi connectivity index (χ1) is 16.8. The van der Waals surface area contributed by atoms with E-state index in [1.165, 1.54) is 24.3 Å². The first kappa shape index (κ1) is 24.6. The average Bonchev–Trinajstić information content (AvgIpc) is 2.85. The highest BCUT2D eigenvalue weighted by Gasteiger charge is 2.27. The maximum Gasteiger partial charge on any atom is 0.255 e. The highest BCUT2D eigenvalue weighted by Crippen LogP contribution is 2.22. The Morgan fingerprint density at radius 1 is 0.943 bits per heavy atom. The monoisotopic (exact) mass is 505 g/mol. The van der Waals surface area contributed by atoms with E-state index >= 15 is 0 Å². The molecule has 8 heteroatoms. The van der Waals surface area contributed by atoms with Gasteiger partial charge in [-0.3, -0.25) is 4.79 Å². The van der Waals surface area contributed by atoms with E-state index in [1.807, 2.05) is 73.7 Å². The summed E-state index contributed by atoms with van der Waals surface area (Å²) in [5, 5.41) is 6.55. The molecule has 0 saturated heterocycles. The molecule has 178 valence electrons. The molecule has 6 nitrogen and oxygen atoms in total. The highest BCUT2D eigenvalue weighted by atomic mass is 35.5. The van der Waals surface area contributed by atoms with E-state index in [9.17, 15) is 13.2 Å². The largest absolute Gasteiger partial charge is 0.272 e. The second-order valence-electron chi connectivity index (χ2n) is 8.02. The summed E-state index contributed by atoms with van der Waals surface area (Å²) in [6.07, 6.45) is 1.56. The van der Waals surface area contributed by atoms with Crippen molar-refractivity contribution >= 4 is 44.5 Å². The van der Waals surface area contributed by atoms with E-state index in [1.54, 1.807) is 6.21 Å². The van der Waals surface area contributed by atoms with Crippen LogP contribution < -0.4 is 5.43 Å².